The molecule has 1 amide bonds. The van der Waals surface area contributed by atoms with E-state index in [1.54, 1.807) is 6.92 Å². The summed E-state index contributed by atoms with van der Waals surface area (Å²) in [6, 6.07) is 0. The summed E-state index contributed by atoms with van der Waals surface area (Å²) in [5.41, 5.74) is 0. The summed E-state index contributed by atoms with van der Waals surface area (Å²) in [6.45, 7) is 4.07. The normalized spacial score (nSPS) is 12.2. The van der Waals surface area contributed by atoms with E-state index < -0.39 is 32.2 Å². The van der Waals surface area contributed by atoms with Crippen molar-refractivity contribution in [2.24, 2.45) is 0 Å². The summed E-state index contributed by atoms with van der Waals surface area (Å²) < 4.78 is 21.1. The van der Waals surface area contributed by atoms with Crippen molar-refractivity contribution < 1.29 is 23.1 Å². The van der Waals surface area contributed by atoms with Gasteiger partial charge in [0.2, 0.25) is 5.91 Å². The molecule has 0 heterocycles. The molecule has 0 unspecified atom stereocenters. The average Bonchev–Trinajstić information content (AvgIpc) is 2.02. The number of rotatable bonds is 5. The molecule has 0 aliphatic heterocycles. The minimum Gasteiger partial charge on any atom is -0.480 e. The number of hydrogen-bond donors (Lipinski definition) is 2. The third-order valence-corrected chi connectivity index (χ3v) is 4.36. The van der Waals surface area contributed by atoms with Crippen LogP contribution >= 0.6 is 0 Å². The quantitative estimate of drug-likeness (QED) is 0.665. The lowest BCUT2D eigenvalue weighted by Gasteiger charge is -2.19. The number of carbonyl (C=O) groups is 2. The Balaban J connectivity index is 4.86. The van der Waals surface area contributed by atoms with Gasteiger partial charge in [0.05, 0.1) is 0 Å². The summed E-state index contributed by atoms with van der Waals surface area (Å²) in [5.74, 6) is -2.96. The van der Waals surface area contributed by atoms with Crippen LogP contribution < -0.4 is 5.32 Å². The van der Waals surface area contributed by atoms with E-state index in [2.05, 4.69) is 5.32 Å². The molecule has 0 saturated carbocycles. The van der Waals surface area contributed by atoms with Crippen LogP contribution in [0.2, 0.25) is 0 Å². The molecule has 0 spiro atoms. The Morgan fingerprint density at radius 1 is 1.33 bits per heavy atom. The number of sulfone groups is 1. The van der Waals surface area contributed by atoms with Crippen LogP contribution in [0.1, 0.15) is 20.8 Å². The number of carboxylic acids is 1. The fourth-order valence-corrected chi connectivity index (χ4v) is 1.81. The highest BCUT2D eigenvalue weighted by Gasteiger charge is 2.42. The third kappa shape index (κ3) is 3.19. The monoisotopic (exact) mass is 237 g/mol. The molecule has 0 aromatic carbocycles. The zero-order valence-electron chi connectivity index (χ0n) is 8.90. The van der Waals surface area contributed by atoms with Crippen molar-refractivity contribution >= 4 is 21.7 Å². The van der Waals surface area contributed by atoms with Gasteiger partial charge in [0, 0.05) is 6.54 Å². The van der Waals surface area contributed by atoms with Gasteiger partial charge in [0.25, 0.3) is 0 Å². The van der Waals surface area contributed by atoms with E-state index in [0.717, 1.165) is 13.8 Å². The minimum absolute atomic E-state index is 0.307. The van der Waals surface area contributed by atoms with E-state index in [4.69, 9.17) is 5.11 Å². The summed E-state index contributed by atoms with van der Waals surface area (Å²) in [7, 11) is -3.99. The van der Waals surface area contributed by atoms with Gasteiger partial charge in [-0.3, -0.25) is 9.59 Å². The van der Waals surface area contributed by atoms with Gasteiger partial charge in [-0.1, -0.05) is 0 Å². The van der Waals surface area contributed by atoms with Crippen molar-refractivity contribution in [1.82, 2.24) is 5.32 Å². The molecule has 0 aromatic rings. The molecule has 2 N–H and O–H groups in total. The Labute approximate surface area is 88.6 Å². The van der Waals surface area contributed by atoms with Gasteiger partial charge in [-0.05, 0) is 20.8 Å². The number of carbonyl (C=O) groups excluding carboxylic acids is 1. The van der Waals surface area contributed by atoms with Crippen molar-refractivity contribution in [2.45, 2.75) is 25.5 Å². The zero-order chi connectivity index (χ0) is 12.3. The number of aliphatic carboxylic acids is 1. The number of carboxylic acid groups (broad SMARTS) is 1. The molecule has 0 aromatic heterocycles. The fourth-order valence-electron chi connectivity index (χ4n) is 0.734. The second-order valence-electron chi connectivity index (χ2n) is 3.53. The van der Waals surface area contributed by atoms with E-state index in [9.17, 15) is 18.0 Å². The standard InChI is InChI=1S/C8H15NO5S/c1-4-9-6(10)5-15(13,14)8(2,3)7(11)12/h4-5H2,1-3H3,(H,9,10)(H,11,12). The van der Waals surface area contributed by atoms with Gasteiger partial charge in [-0.2, -0.15) is 0 Å². The highest BCUT2D eigenvalue weighted by molar-refractivity contribution is 7.94. The molecule has 0 radical (unpaired) electrons. The van der Waals surface area contributed by atoms with Crippen LogP contribution in [0.3, 0.4) is 0 Å². The van der Waals surface area contributed by atoms with Crippen LogP contribution in [0.15, 0.2) is 0 Å². The summed E-state index contributed by atoms with van der Waals surface area (Å²) in [5, 5.41) is 11.0. The maximum atomic E-state index is 11.5. The largest absolute Gasteiger partial charge is 0.480 e. The molecule has 88 valence electrons. The average molecular weight is 237 g/mol. The zero-order valence-corrected chi connectivity index (χ0v) is 9.72. The predicted octanol–water partition coefficient (Wildman–Crippen LogP) is -0.599. The highest BCUT2D eigenvalue weighted by Crippen LogP contribution is 2.17. The lowest BCUT2D eigenvalue weighted by molar-refractivity contribution is -0.139. The summed E-state index contributed by atoms with van der Waals surface area (Å²) >= 11 is 0. The predicted molar refractivity (Wildman–Crippen MR) is 54.2 cm³/mol. The lowest BCUT2D eigenvalue weighted by atomic mass is 10.2. The molecule has 0 atom stereocenters. The molecule has 0 aliphatic rings. The van der Waals surface area contributed by atoms with E-state index in [1.165, 1.54) is 0 Å². The first kappa shape index (κ1) is 13.9. The van der Waals surface area contributed by atoms with E-state index in [0.29, 0.717) is 6.54 Å². The van der Waals surface area contributed by atoms with Crippen LogP contribution in [0.4, 0.5) is 0 Å². The Morgan fingerprint density at radius 2 is 1.80 bits per heavy atom. The molecule has 15 heavy (non-hydrogen) atoms. The second kappa shape index (κ2) is 4.61. The molecule has 0 aliphatic carbocycles. The molecule has 7 heteroatoms. The van der Waals surface area contributed by atoms with Gasteiger partial charge in [0.15, 0.2) is 14.6 Å². The number of nitrogens with one attached hydrogen (secondary N) is 1. The molecule has 0 rings (SSSR count). The maximum Gasteiger partial charge on any atom is 0.324 e. The van der Waals surface area contributed by atoms with Crippen LogP contribution in [0.25, 0.3) is 0 Å². The van der Waals surface area contributed by atoms with Crippen LogP contribution in [0, 0.1) is 0 Å². The van der Waals surface area contributed by atoms with E-state index in [1.807, 2.05) is 0 Å². The first-order valence-electron chi connectivity index (χ1n) is 4.37. The Hall–Kier alpha value is -1.11. The first-order valence-corrected chi connectivity index (χ1v) is 6.02. The summed E-state index contributed by atoms with van der Waals surface area (Å²) in [6.07, 6.45) is 0. The van der Waals surface area contributed by atoms with E-state index >= 15 is 0 Å². The molecule has 6 nitrogen and oxygen atoms in total. The topological polar surface area (TPSA) is 101 Å². The van der Waals surface area contributed by atoms with Gasteiger partial charge < -0.3 is 10.4 Å². The van der Waals surface area contributed by atoms with E-state index in [-0.39, 0.29) is 0 Å². The first-order chi connectivity index (χ1) is 6.65. The molecule has 0 bridgehead atoms. The van der Waals surface area contributed by atoms with Crippen LogP contribution in [-0.4, -0.2) is 42.4 Å². The second-order valence-corrected chi connectivity index (χ2v) is 6.07. The highest BCUT2D eigenvalue weighted by atomic mass is 32.2. The van der Waals surface area contributed by atoms with Crippen molar-refractivity contribution in [3.63, 3.8) is 0 Å². The minimum atomic E-state index is -3.99. The SMILES string of the molecule is CCNC(=O)CS(=O)(=O)C(C)(C)C(=O)O. The number of hydrogen-bond acceptors (Lipinski definition) is 4. The van der Waals surface area contributed by atoms with Crippen LogP contribution in [0.5, 0.6) is 0 Å². The fraction of sp³-hybridized carbons (Fsp3) is 0.750. The Kier molecular flexibility index (Phi) is 4.27. The third-order valence-electron chi connectivity index (χ3n) is 1.99. The molecular formula is C8H15NO5S. The lowest BCUT2D eigenvalue weighted by Crippen LogP contribution is -2.45. The maximum absolute atomic E-state index is 11.5. The number of amides is 1. The Bertz CT molecular complexity index is 357. The van der Waals surface area contributed by atoms with Crippen molar-refractivity contribution in [3.8, 4) is 0 Å². The van der Waals surface area contributed by atoms with Gasteiger partial charge in [-0.25, -0.2) is 8.42 Å². The summed E-state index contributed by atoms with van der Waals surface area (Å²) in [4.78, 5) is 21.7. The smallest absolute Gasteiger partial charge is 0.324 e. The van der Waals surface area contributed by atoms with Gasteiger partial charge in [-0.15, -0.1) is 0 Å². The van der Waals surface area contributed by atoms with Crippen LogP contribution in [-0.2, 0) is 19.4 Å². The van der Waals surface area contributed by atoms with Crippen molar-refractivity contribution in [2.75, 3.05) is 12.3 Å². The van der Waals surface area contributed by atoms with Gasteiger partial charge >= 0.3 is 5.97 Å². The molecule has 0 fully saturated rings. The Morgan fingerprint density at radius 3 is 2.13 bits per heavy atom. The molecule has 0 saturated heterocycles. The van der Waals surface area contributed by atoms with Crippen molar-refractivity contribution in [1.29, 1.82) is 0 Å². The van der Waals surface area contributed by atoms with Crippen molar-refractivity contribution in [3.05, 3.63) is 0 Å². The molecular weight excluding hydrogens is 222 g/mol. The van der Waals surface area contributed by atoms with Gasteiger partial charge in [0.1, 0.15) is 5.75 Å².